The molecule has 2 aromatic carbocycles. The van der Waals surface area contributed by atoms with Crippen LogP contribution in [0.4, 0.5) is 26.5 Å². The van der Waals surface area contributed by atoms with Gasteiger partial charge in [-0.05, 0) is 62.6 Å². The molecule has 0 saturated heterocycles. The van der Waals surface area contributed by atoms with Gasteiger partial charge in [0.2, 0.25) is 0 Å². The molecule has 0 spiro atoms. The van der Waals surface area contributed by atoms with Gasteiger partial charge < -0.3 is 18.9 Å². The molecule has 1 amide bonds. The number of nitrogens with zero attached hydrogens (tertiary/aromatic N) is 6. The zero-order valence-electron chi connectivity index (χ0n) is 23.8. The largest absolute Gasteiger partial charge is 0.497 e. The third-order valence-corrected chi connectivity index (χ3v) is 6.38. The number of pyridine rings is 1. The van der Waals surface area contributed by atoms with Gasteiger partial charge in [-0.15, -0.1) is 0 Å². The number of carbonyl (C=O) groups excluding carboxylic acids is 1. The zero-order chi connectivity index (χ0) is 29.2. The second-order valence-electron chi connectivity index (χ2n) is 10.4. The number of hydrogen-bond acceptors (Lipinski definition) is 7. The highest BCUT2D eigenvalue weighted by Crippen LogP contribution is 2.35. The molecule has 208 valence electrons. The molecule has 0 unspecified atom stereocenters. The number of hydrogen-bond donors (Lipinski definition) is 0. The van der Waals surface area contributed by atoms with Crippen molar-refractivity contribution in [1.82, 2.24) is 14.5 Å². The summed E-state index contributed by atoms with van der Waals surface area (Å²) < 4.78 is 28.2. The predicted octanol–water partition coefficient (Wildman–Crippen LogP) is 6.26. The molecule has 0 radical (unpaired) electrons. The molecule has 2 heterocycles. The molecule has 40 heavy (non-hydrogen) atoms. The van der Waals surface area contributed by atoms with Crippen LogP contribution < -0.4 is 14.5 Å². The lowest BCUT2D eigenvalue weighted by Gasteiger charge is -2.28. The number of aryl methyl sites for hydroxylation is 2. The molecule has 0 N–H and O–H groups in total. The summed E-state index contributed by atoms with van der Waals surface area (Å²) in [5.41, 5.74) is 2.47. The van der Waals surface area contributed by atoms with Crippen molar-refractivity contribution in [2.24, 2.45) is 7.05 Å². The number of methoxy groups -OCH3 is 1. The van der Waals surface area contributed by atoms with Gasteiger partial charge >= 0.3 is 6.09 Å². The average Bonchev–Trinajstić information content (AvgIpc) is 3.30. The highest BCUT2D eigenvalue weighted by atomic mass is 19.1. The number of aromatic nitrogens is 3. The van der Waals surface area contributed by atoms with E-state index in [1.165, 1.54) is 11.0 Å². The fourth-order valence-electron chi connectivity index (χ4n) is 4.39. The van der Waals surface area contributed by atoms with Crippen LogP contribution in [0.5, 0.6) is 5.75 Å². The molecule has 9 nitrogen and oxygen atoms in total. The molecule has 2 aromatic heterocycles. The summed E-state index contributed by atoms with van der Waals surface area (Å²) >= 11 is 0. The highest BCUT2D eigenvalue weighted by Gasteiger charge is 2.29. The molecule has 4 aromatic rings. The van der Waals surface area contributed by atoms with E-state index >= 15 is 4.39 Å². The summed E-state index contributed by atoms with van der Waals surface area (Å²) in [5.74, 6) is 0.830. The third kappa shape index (κ3) is 5.83. The molecule has 0 fully saturated rings. The lowest BCUT2D eigenvalue weighted by atomic mass is 10.1. The van der Waals surface area contributed by atoms with E-state index in [1.807, 2.05) is 48.9 Å². The van der Waals surface area contributed by atoms with E-state index < -0.39 is 17.5 Å². The van der Waals surface area contributed by atoms with E-state index in [0.29, 0.717) is 40.3 Å². The Kier molecular flexibility index (Phi) is 7.96. The normalized spacial score (nSPS) is 11.3. The van der Waals surface area contributed by atoms with Crippen LogP contribution in [0.15, 0.2) is 48.8 Å². The first-order valence-electron chi connectivity index (χ1n) is 12.9. The highest BCUT2D eigenvalue weighted by molar-refractivity contribution is 5.98. The van der Waals surface area contributed by atoms with Gasteiger partial charge in [0.15, 0.2) is 5.82 Å². The van der Waals surface area contributed by atoms with E-state index in [9.17, 15) is 10.1 Å². The maximum absolute atomic E-state index is 15.3. The molecule has 4 rings (SSSR count). The minimum atomic E-state index is -0.755. The fraction of sp³-hybridized carbons (Fsp3) is 0.333. The quantitative estimate of drug-likeness (QED) is 0.271. The third-order valence-electron chi connectivity index (χ3n) is 6.38. The van der Waals surface area contributed by atoms with Crippen LogP contribution in [0.2, 0.25) is 0 Å². The summed E-state index contributed by atoms with van der Waals surface area (Å²) in [6.07, 6.45) is 1.55. The van der Waals surface area contributed by atoms with Crippen molar-refractivity contribution in [3.63, 3.8) is 0 Å². The van der Waals surface area contributed by atoms with E-state index in [4.69, 9.17) is 14.5 Å². The van der Waals surface area contributed by atoms with Crippen LogP contribution in [-0.2, 0) is 24.8 Å². The predicted molar refractivity (Wildman–Crippen MR) is 152 cm³/mol. The van der Waals surface area contributed by atoms with Gasteiger partial charge in [-0.2, -0.15) is 5.26 Å². The van der Waals surface area contributed by atoms with E-state index in [-0.39, 0.29) is 17.9 Å². The molecule has 0 atom stereocenters. The maximum atomic E-state index is 15.3. The van der Waals surface area contributed by atoms with Gasteiger partial charge in [0.05, 0.1) is 42.8 Å². The first-order valence-corrected chi connectivity index (χ1v) is 12.9. The maximum Gasteiger partial charge on any atom is 0.416 e. The van der Waals surface area contributed by atoms with Crippen molar-refractivity contribution in [2.75, 3.05) is 24.0 Å². The molecular weight excluding hydrogens is 511 g/mol. The monoisotopic (exact) mass is 544 g/mol. The van der Waals surface area contributed by atoms with E-state index in [0.717, 1.165) is 5.56 Å². The number of benzene rings is 2. The van der Waals surface area contributed by atoms with Gasteiger partial charge in [-0.25, -0.2) is 19.2 Å². The summed E-state index contributed by atoms with van der Waals surface area (Å²) in [6.45, 7) is 7.44. The smallest absolute Gasteiger partial charge is 0.416 e. The average molecular weight is 545 g/mol. The molecule has 0 aliphatic heterocycles. The van der Waals surface area contributed by atoms with Crippen molar-refractivity contribution in [3.8, 4) is 11.8 Å². The van der Waals surface area contributed by atoms with Gasteiger partial charge in [-0.3, -0.25) is 4.90 Å². The Hall–Kier alpha value is -4.65. The standard InChI is InChI=1S/C30H33FN6O3/c1-8-21-13-20(16-32)14-23(31)27(21)36(6)25-15-24-26(33-18-35(24)5)28(34-25)37(29(38)40-30(2,3)4)17-19-9-11-22(39-7)12-10-19/h9-15,18H,8,17H2,1-7H3. The van der Waals surface area contributed by atoms with Crippen LogP contribution in [0.25, 0.3) is 11.0 Å². The molecule has 10 heteroatoms. The SMILES string of the molecule is CCc1cc(C#N)cc(F)c1N(C)c1cc2c(ncn2C)c(N(Cc2ccc(OC)cc2)C(=O)OC(C)(C)C)n1. The van der Waals surface area contributed by atoms with Crippen LogP contribution in [0, 0.1) is 17.1 Å². The summed E-state index contributed by atoms with van der Waals surface area (Å²) in [6, 6.07) is 14.1. The molecule has 0 saturated carbocycles. The van der Waals surface area contributed by atoms with E-state index in [1.54, 1.807) is 58.3 Å². The Morgan fingerprint density at radius 1 is 1.18 bits per heavy atom. The Balaban J connectivity index is 1.89. The number of imidazole rings is 1. The van der Waals surface area contributed by atoms with Crippen LogP contribution in [0.1, 0.15) is 44.4 Å². The van der Waals surface area contributed by atoms with Crippen LogP contribution in [-0.4, -0.2) is 40.4 Å². The van der Waals surface area contributed by atoms with Crippen molar-refractivity contribution in [3.05, 3.63) is 71.3 Å². The van der Waals surface area contributed by atoms with Gasteiger partial charge in [0.25, 0.3) is 0 Å². The molecule has 0 aliphatic carbocycles. The van der Waals surface area contributed by atoms with E-state index in [2.05, 4.69) is 4.98 Å². The first kappa shape index (κ1) is 28.4. The number of halogens is 1. The topological polar surface area (TPSA) is 96.5 Å². The van der Waals surface area contributed by atoms with Crippen molar-refractivity contribution in [1.29, 1.82) is 5.26 Å². The molecular formula is C30H33FN6O3. The second kappa shape index (κ2) is 11.2. The van der Waals surface area contributed by atoms with Crippen LogP contribution in [0.3, 0.4) is 0 Å². The summed E-state index contributed by atoms with van der Waals surface area (Å²) in [7, 11) is 5.13. The minimum Gasteiger partial charge on any atom is -0.497 e. The zero-order valence-corrected chi connectivity index (χ0v) is 23.8. The fourth-order valence-corrected chi connectivity index (χ4v) is 4.39. The summed E-state index contributed by atoms with van der Waals surface area (Å²) in [5, 5.41) is 9.33. The number of amides is 1. The second-order valence-corrected chi connectivity index (χ2v) is 10.4. The minimum absolute atomic E-state index is 0.149. The van der Waals surface area contributed by atoms with Crippen molar-refractivity contribution >= 4 is 34.4 Å². The lowest BCUT2D eigenvalue weighted by molar-refractivity contribution is 0.0576. The lowest BCUT2D eigenvalue weighted by Crippen LogP contribution is -2.37. The van der Waals surface area contributed by atoms with Crippen molar-refractivity contribution < 1.29 is 18.7 Å². The van der Waals surface area contributed by atoms with Crippen LogP contribution >= 0.6 is 0 Å². The Bertz CT molecular complexity index is 1580. The number of fused-ring (bicyclic) bond motifs is 1. The number of anilines is 3. The number of rotatable bonds is 7. The van der Waals surface area contributed by atoms with Crippen molar-refractivity contribution in [2.45, 2.75) is 46.3 Å². The number of carbonyl (C=O) groups is 1. The Labute approximate surface area is 233 Å². The molecule has 0 aliphatic rings. The first-order chi connectivity index (χ1) is 18.9. The molecule has 0 bridgehead atoms. The summed E-state index contributed by atoms with van der Waals surface area (Å²) in [4.78, 5) is 26.1. The van der Waals surface area contributed by atoms with Gasteiger partial charge in [0, 0.05) is 20.2 Å². The number of nitriles is 1. The van der Waals surface area contributed by atoms with Gasteiger partial charge in [-0.1, -0.05) is 19.1 Å². The number of ether oxygens (including phenoxy) is 2. The Morgan fingerprint density at radius 2 is 1.88 bits per heavy atom. The Morgan fingerprint density at radius 3 is 2.48 bits per heavy atom. The van der Waals surface area contributed by atoms with Gasteiger partial charge in [0.1, 0.15) is 28.5 Å².